The number of nitrogens with zero attached hydrogens (tertiary/aromatic N) is 1. The van der Waals surface area contributed by atoms with Gasteiger partial charge in [0.25, 0.3) is 0 Å². The van der Waals surface area contributed by atoms with Gasteiger partial charge in [-0.05, 0) is 12.3 Å². The molecule has 0 bridgehead atoms. The normalized spacial score (nSPS) is 19.1. The highest BCUT2D eigenvalue weighted by molar-refractivity contribution is 4.66. The third-order valence-electron chi connectivity index (χ3n) is 2.42. The van der Waals surface area contributed by atoms with E-state index in [1.807, 2.05) is 0 Å². The molecule has 0 atom stereocenters. The summed E-state index contributed by atoms with van der Waals surface area (Å²) in [6, 6.07) is 0. The summed E-state index contributed by atoms with van der Waals surface area (Å²) in [5.74, 6) is 0.661. The number of piperazine rings is 1. The van der Waals surface area contributed by atoms with Crippen molar-refractivity contribution < 1.29 is 4.74 Å². The molecule has 1 saturated heterocycles. The van der Waals surface area contributed by atoms with Crippen molar-refractivity contribution in [3.63, 3.8) is 0 Å². The molecule has 1 aliphatic heterocycles. The Morgan fingerprint density at radius 1 is 1.29 bits per heavy atom. The van der Waals surface area contributed by atoms with E-state index in [4.69, 9.17) is 4.74 Å². The molecule has 0 aromatic carbocycles. The molecule has 14 heavy (non-hydrogen) atoms. The summed E-state index contributed by atoms with van der Waals surface area (Å²) >= 11 is 0. The smallest absolute Gasteiger partial charge is 0.0489 e. The summed E-state index contributed by atoms with van der Waals surface area (Å²) in [4.78, 5) is 2.51. The zero-order valence-corrected chi connectivity index (χ0v) is 9.59. The third-order valence-corrected chi connectivity index (χ3v) is 2.42. The summed E-state index contributed by atoms with van der Waals surface area (Å²) in [6.07, 6.45) is 1.17. The van der Waals surface area contributed by atoms with E-state index in [0.717, 1.165) is 26.3 Å². The first-order chi connectivity index (χ1) is 6.79. The Hall–Kier alpha value is -0.120. The summed E-state index contributed by atoms with van der Waals surface area (Å²) < 4.78 is 5.54. The van der Waals surface area contributed by atoms with Crippen LogP contribution >= 0.6 is 0 Å². The summed E-state index contributed by atoms with van der Waals surface area (Å²) in [7, 11) is 0. The van der Waals surface area contributed by atoms with Gasteiger partial charge in [-0.15, -0.1) is 0 Å². The number of hydrogen-bond donors (Lipinski definition) is 1. The van der Waals surface area contributed by atoms with Crippen LogP contribution in [0.3, 0.4) is 0 Å². The van der Waals surface area contributed by atoms with Crippen molar-refractivity contribution in [1.29, 1.82) is 0 Å². The maximum atomic E-state index is 5.54. The molecule has 3 heteroatoms. The lowest BCUT2D eigenvalue weighted by atomic mass is 10.2. The SMILES string of the molecule is CC(C)COCCCN1CCNCC1. The maximum Gasteiger partial charge on any atom is 0.0489 e. The molecular weight excluding hydrogens is 176 g/mol. The van der Waals surface area contributed by atoms with Gasteiger partial charge < -0.3 is 15.0 Å². The van der Waals surface area contributed by atoms with Crippen molar-refractivity contribution in [2.24, 2.45) is 5.92 Å². The molecule has 1 N–H and O–H groups in total. The molecule has 0 aromatic heterocycles. The maximum absolute atomic E-state index is 5.54. The minimum atomic E-state index is 0.661. The molecule has 1 aliphatic rings. The van der Waals surface area contributed by atoms with Gasteiger partial charge in [-0.1, -0.05) is 13.8 Å². The molecule has 0 radical (unpaired) electrons. The van der Waals surface area contributed by atoms with E-state index in [1.54, 1.807) is 0 Å². The van der Waals surface area contributed by atoms with Gasteiger partial charge in [-0.2, -0.15) is 0 Å². The molecular formula is C11H24N2O. The van der Waals surface area contributed by atoms with Crippen LogP contribution in [0.5, 0.6) is 0 Å². The quantitative estimate of drug-likeness (QED) is 0.646. The lowest BCUT2D eigenvalue weighted by Crippen LogP contribution is -2.43. The van der Waals surface area contributed by atoms with E-state index >= 15 is 0 Å². The van der Waals surface area contributed by atoms with E-state index in [2.05, 4.69) is 24.1 Å². The van der Waals surface area contributed by atoms with Gasteiger partial charge in [-0.25, -0.2) is 0 Å². The lowest BCUT2D eigenvalue weighted by Gasteiger charge is -2.26. The molecule has 0 spiro atoms. The van der Waals surface area contributed by atoms with Gasteiger partial charge in [0, 0.05) is 45.9 Å². The van der Waals surface area contributed by atoms with Crippen LogP contribution in [0.2, 0.25) is 0 Å². The van der Waals surface area contributed by atoms with E-state index < -0.39 is 0 Å². The first-order valence-corrected chi connectivity index (χ1v) is 5.80. The molecule has 1 fully saturated rings. The largest absolute Gasteiger partial charge is 0.381 e. The van der Waals surface area contributed by atoms with Crippen molar-refractivity contribution in [2.75, 3.05) is 45.9 Å². The van der Waals surface area contributed by atoms with Crippen LogP contribution in [0, 0.1) is 5.92 Å². The Morgan fingerprint density at radius 2 is 2.00 bits per heavy atom. The molecule has 84 valence electrons. The molecule has 3 nitrogen and oxygen atoms in total. The van der Waals surface area contributed by atoms with Crippen LogP contribution in [-0.2, 0) is 4.74 Å². The third kappa shape index (κ3) is 5.58. The predicted molar refractivity (Wildman–Crippen MR) is 59.6 cm³/mol. The molecule has 0 unspecified atom stereocenters. The minimum absolute atomic E-state index is 0.661. The molecule has 1 rings (SSSR count). The van der Waals surface area contributed by atoms with Crippen molar-refractivity contribution in [3.8, 4) is 0 Å². The summed E-state index contributed by atoms with van der Waals surface area (Å²) in [6.45, 7) is 12.1. The van der Waals surface area contributed by atoms with E-state index in [1.165, 1.54) is 26.1 Å². The number of ether oxygens (including phenoxy) is 1. The minimum Gasteiger partial charge on any atom is -0.381 e. The highest BCUT2D eigenvalue weighted by Crippen LogP contribution is 1.97. The average Bonchev–Trinajstić information content (AvgIpc) is 2.18. The first kappa shape index (κ1) is 12.0. The zero-order valence-electron chi connectivity index (χ0n) is 9.59. The zero-order chi connectivity index (χ0) is 10.2. The Morgan fingerprint density at radius 3 is 2.64 bits per heavy atom. The second-order valence-electron chi connectivity index (χ2n) is 4.41. The van der Waals surface area contributed by atoms with Crippen molar-refractivity contribution in [2.45, 2.75) is 20.3 Å². The highest BCUT2D eigenvalue weighted by Gasteiger charge is 2.07. The highest BCUT2D eigenvalue weighted by atomic mass is 16.5. The Bertz CT molecular complexity index is 133. The van der Waals surface area contributed by atoms with E-state index in [0.29, 0.717) is 5.92 Å². The van der Waals surface area contributed by atoms with E-state index in [9.17, 15) is 0 Å². The average molecular weight is 200 g/mol. The number of rotatable bonds is 6. The van der Waals surface area contributed by atoms with Crippen molar-refractivity contribution in [1.82, 2.24) is 10.2 Å². The van der Waals surface area contributed by atoms with E-state index in [-0.39, 0.29) is 0 Å². The van der Waals surface area contributed by atoms with Crippen LogP contribution in [0.25, 0.3) is 0 Å². The monoisotopic (exact) mass is 200 g/mol. The number of nitrogens with one attached hydrogen (secondary N) is 1. The topological polar surface area (TPSA) is 24.5 Å². The van der Waals surface area contributed by atoms with Crippen molar-refractivity contribution >= 4 is 0 Å². The van der Waals surface area contributed by atoms with Gasteiger partial charge in [-0.3, -0.25) is 0 Å². The second-order valence-corrected chi connectivity index (χ2v) is 4.41. The van der Waals surface area contributed by atoms with Crippen LogP contribution in [0.1, 0.15) is 20.3 Å². The Balaban J connectivity index is 1.87. The van der Waals surface area contributed by atoms with Crippen LogP contribution in [-0.4, -0.2) is 50.8 Å². The van der Waals surface area contributed by atoms with Crippen molar-refractivity contribution in [3.05, 3.63) is 0 Å². The standard InChI is InChI=1S/C11H24N2O/c1-11(2)10-14-9-3-6-13-7-4-12-5-8-13/h11-12H,3-10H2,1-2H3. The Kier molecular flexibility index (Phi) is 6.15. The second kappa shape index (κ2) is 7.21. The summed E-state index contributed by atoms with van der Waals surface area (Å²) in [5.41, 5.74) is 0. The van der Waals surface area contributed by atoms with Gasteiger partial charge >= 0.3 is 0 Å². The molecule has 1 heterocycles. The molecule has 0 aliphatic carbocycles. The van der Waals surface area contributed by atoms with Gasteiger partial charge in [0.2, 0.25) is 0 Å². The molecule has 0 saturated carbocycles. The van der Waals surface area contributed by atoms with Crippen LogP contribution in [0.15, 0.2) is 0 Å². The molecule has 0 aromatic rings. The van der Waals surface area contributed by atoms with Gasteiger partial charge in [0.15, 0.2) is 0 Å². The lowest BCUT2D eigenvalue weighted by molar-refractivity contribution is 0.0977. The van der Waals surface area contributed by atoms with Crippen LogP contribution < -0.4 is 5.32 Å². The fraction of sp³-hybridized carbons (Fsp3) is 1.00. The summed E-state index contributed by atoms with van der Waals surface area (Å²) in [5, 5.41) is 3.36. The first-order valence-electron chi connectivity index (χ1n) is 5.80. The fourth-order valence-electron chi connectivity index (χ4n) is 1.64. The van der Waals surface area contributed by atoms with Gasteiger partial charge in [0.1, 0.15) is 0 Å². The predicted octanol–water partition coefficient (Wildman–Crippen LogP) is 0.954. The molecule has 0 amide bonds. The van der Waals surface area contributed by atoms with Crippen LogP contribution in [0.4, 0.5) is 0 Å². The number of hydrogen-bond acceptors (Lipinski definition) is 3. The fourth-order valence-corrected chi connectivity index (χ4v) is 1.64. The Labute approximate surface area is 87.8 Å². The van der Waals surface area contributed by atoms with Gasteiger partial charge in [0.05, 0.1) is 0 Å².